The van der Waals surface area contributed by atoms with Crippen molar-refractivity contribution in [3.63, 3.8) is 0 Å². The number of aromatic amines is 1. The fourth-order valence-corrected chi connectivity index (χ4v) is 1.35. The zero-order chi connectivity index (χ0) is 9.26. The average molecular weight is 172 g/mol. The summed E-state index contributed by atoms with van der Waals surface area (Å²) >= 11 is 0. The van der Waals surface area contributed by atoms with E-state index in [9.17, 15) is 0 Å². The number of rotatable bonds is 1. The van der Waals surface area contributed by atoms with E-state index in [0.717, 1.165) is 16.9 Å². The third-order valence-electron chi connectivity index (χ3n) is 2.18. The molecule has 0 atom stereocenters. The highest BCUT2D eigenvalue weighted by atomic mass is 14.7. The Morgan fingerprint density at radius 2 is 2.08 bits per heavy atom. The lowest BCUT2D eigenvalue weighted by Crippen LogP contribution is -1.89. The first-order chi connectivity index (χ1) is 6.27. The van der Waals surface area contributed by atoms with Gasteiger partial charge in [-0.3, -0.25) is 0 Å². The largest absolute Gasteiger partial charge is 0.399 e. The molecule has 2 nitrogen and oxygen atoms in total. The minimum absolute atomic E-state index is 0.843. The van der Waals surface area contributed by atoms with E-state index in [1.54, 1.807) is 0 Å². The Morgan fingerprint density at radius 1 is 1.23 bits per heavy atom. The molecule has 0 unspecified atom stereocenters. The zero-order valence-corrected chi connectivity index (χ0v) is 7.54. The molecule has 66 valence electrons. The molecule has 0 fully saturated rings. The molecule has 13 heavy (non-hydrogen) atoms. The molecule has 0 spiro atoms. The van der Waals surface area contributed by atoms with E-state index in [1.807, 2.05) is 37.4 Å². The summed E-state index contributed by atoms with van der Waals surface area (Å²) in [4.78, 5) is 3.16. The molecular formula is C11H12N2. The summed E-state index contributed by atoms with van der Waals surface area (Å²) in [6.45, 7) is 2.02. The highest BCUT2D eigenvalue weighted by Gasteiger charge is 1.99. The summed E-state index contributed by atoms with van der Waals surface area (Å²) in [7, 11) is 0. The molecule has 2 rings (SSSR count). The van der Waals surface area contributed by atoms with Gasteiger partial charge in [-0.1, -0.05) is 6.07 Å². The van der Waals surface area contributed by atoms with Crippen molar-refractivity contribution in [1.82, 2.24) is 4.98 Å². The maximum atomic E-state index is 5.73. The van der Waals surface area contributed by atoms with Crippen LogP contribution in [0.15, 0.2) is 36.5 Å². The molecule has 0 aliphatic rings. The van der Waals surface area contributed by atoms with Crippen molar-refractivity contribution < 1.29 is 0 Å². The summed E-state index contributed by atoms with van der Waals surface area (Å²) in [5.74, 6) is 0. The first-order valence-electron chi connectivity index (χ1n) is 4.27. The van der Waals surface area contributed by atoms with E-state index in [4.69, 9.17) is 5.73 Å². The van der Waals surface area contributed by atoms with Gasteiger partial charge in [0.2, 0.25) is 0 Å². The van der Waals surface area contributed by atoms with Crippen LogP contribution in [0.25, 0.3) is 11.3 Å². The van der Waals surface area contributed by atoms with E-state index in [0.29, 0.717) is 0 Å². The maximum Gasteiger partial charge on any atom is 0.0454 e. The predicted molar refractivity (Wildman–Crippen MR) is 55.4 cm³/mol. The number of anilines is 1. The molecule has 0 saturated carbocycles. The SMILES string of the molecule is Cc1cc(-c2ccc[nH]2)ccc1N. The molecule has 2 aromatic rings. The third-order valence-corrected chi connectivity index (χ3v) is 2.18. The number of nitrogens with two attached hydrogens (primary N) is 1. The molecule has 0 radical (unpaired) electrons. The molecule has 1 aromatic heterocycles. The zero-order valence-electron chi connectivity index (χ0n) is 7.54. The lowest BCUT2D eigenvalue weighted by molar-refractivity contribution is 1.38. The maximum absolute atomic E-state index is 5.73. The minimum Gasteiger partial charge on any atom is -0.399 e. The molecule has 0 aliphatic heterocycles. The molecule has 0 bridgehead atoms. The molecule has 2 heteroatoms. The second-order valence-electron chi connectivity index (χ2n) is 3.16. The summed E-state index contributed by atoms with van der Waals surface area (Å²) in [6, 6.07) is 10.1. The van der Waals surface area contributed by atoms with Crippen molar-refractivity contribution in [1.29, 1.82) is 0 Å². The van der Waals surface area contributed by atoms with E-state index < -0.39 is 0 Å². The van der Waals surface area contributed by atoms with Gasteiger partial charge in [0.05, 0.1) is 0 Å². The summed E-state index contributed by atoms with van der Waals surface area (Å²) in [5, 5.41) is 0. The van der Waals surface area contributed by atoms with Crippen molar-refractivity contribution in [2.45, 2.75) is 6.92 Å². The van der Waals surface area contributed by atoms with Crippen molar-refractivity contribution in [3.05, 3.63) is 42.1 Å². The van der Waals surface area contributed by atoms with Crippen molar-refractivity contribution >= 4 is 5.69 Å². The fourth-order valence-electron chi connectivity index (χ4n) is 1.35. The molecular weight excluding hydrogens is 160 g/mol. The summed E-state index contributed by atoms with van der Waals surface area (Å²) < 4.78 is 0. The van der Waals surface area contributed by atoms with Crippen LogP contribution in [0.3, 0.4) is 0 Å². The number of hydrogen-bond donors (Lipinski definition) is 2. The van der Waals surface area contributed by atoms with Gasteiger partial charge in [-0.25, -0.2) is 0 Å². The Morgan fingerprint density at radius 3 is 2.69 bits per heavy atom. The van der Waals surface area contributed by atoms with Gasteiger partial charge in [-0.2, -0.15) is 0 Å². The van der Waals surface area contributed by atoms with E-state index in [-0.39, 0.29) is 0 Å². The first kappa shape index (κ1) is 7.92. The third kappa shape index (κ3) is 1.43. The highest BCUT2D eigenvalue weighted by molar-refractivity contribution is 5.64. The van der Waals surface area contributed by atoms with Crippen LogP contribution in [0.4, 0.5) is 5.69 Å². The lowest BCUT2D eigenvalue weighted by Gasteiger charge is -2.02. The Labute approximate surface area is 77.4 Å². The quantitative estimate of drug-likeness (QED) is 0.638. The fraction of sp³-hybridized carbons (Fsp3) is 0.0909. The number of aryl methyl sites for hydroxylation is 1. The second-order valence-corrected chi connectivity index (χ2v) is 3.16. The van der Waals surface area contributed by atoms with Gasteiger partial charge in [-0.05, 0) is 42.3 Å². The van der Waals surface area contributed by atoms with Crippen LogP contribution >= 0.6 is 0 Å². The van der Waals surface area contributed by atoms with Crippen LogP contribution in [0.2, 0.25) is 0 Å². The Kier molecular flexibility index (Phi) is 1.81. The second kappa shape index (κ2) is 2.98. The Bertz CT molecular complexity index is 402. The van der Waals surface area contributed by atoms with Gasteiger partial charge >= 0.3 is 0 Å². The van der Waals surface area contributed by atoms with Crippen LogP contribution in [-0.4, -0.2) is 4.98 Å². The van der Waals surface area contributed by atoms with Gasteiger partial charge in [-0.15, -0.1) is 0 Å². The Balaban J connectivity index is 2.49. The van der Waals surface area contributed by atoms with Crippen LogP contribution in [0, 0.1) is 6.92 Å². The van der Waals surface area contributed by atoms with Crippen LogP contribution in [-0.2, 0) is 0 Å². The topological polar surface area (TPSA) is 41.8 Å². The van der Waals surface area contributed by atoms with E-state index in [2.05, 4.69) is 11.1 Å². The van der Waals surface area contributed by atoms with Crippen molar-refractivity contribution in [2.75, 3.05) is 5.73 Å². The monoisotopic (exact) mass is 172 g/mol. The normalized spacial score (nSPS) is 10.2. The lowest BCUT2D eigenvalue weighted by atomic mass is 10.1. The van der Waals surface area contributed by atoms with Gasteiger partial charge < -0.3 is 10.7 Å². The summed E-state index contributed by atoms with van der Waals surface area (Å²) in [5.41, 5.74) is 10.00. The smallest absolute Gasteiger partial charge is 0.0454 e. The standard InChI is InChI=1S/C11H12N2/c1-8-7-9(4-5-10(8)12)11-3-2-6-13-11/h2-7,13H,12H2,1H3. The van der Waals surface area contributed by atoms with Gasteiger partial charge in [0.15, 0.2) is 0 Å². The van der Waals surface area contributed by atoms with Crippen LogP contribution < -0.4 is 5.73 Å². The minimum atomic E-state index is 0.843. The van der Waals surface area contributed by atoms with Gasteiger partial charge in [0.25, 0.3) is 0 Å². The first-order valence-corrected chi connectivity index (χ1v) is 4.27. The average Bonchev–Trinajstić information content (AvgIpc) is 2.62. The molecule has 0 amide bonds. The number of benzene rings is 1. The molecule has 0 aliphatic carbocycles. The van der Waals surface area contributed by atoms with E-state index >= 15 is 0 Å². The number of H-pyrrole nitrogens is 1. The predicted octanol–water partition coefficient (Wildman–Crippen LogP) is 2.57. The van der Waals surface area contributed by atoms with Crippen molar-refractivity contribution in [3.8, 4) is 11.3 Å². The number of nitrogen functional groups attached to an aromatic ring is 1. The molecule has 1 heterocycles. The summed E-state index contributed by atoms with van der Waals surface area (Å²) in [6.07, 6.45) is 1.92. The number of aromatic nitrogens is 1. The van der Waals surface area contributed by atoms with E-state index in [1.165, 1.54) is 5.56 Å². The molecule has 0 saturated heterocycles. The Hall–Kier alpha value is -1.70. The molecule has 3 N–H and O–H groups in total. The van der Waals surface area contributed by atoms with Crippen LogP contribution in [0.1, 0.15) is 5.56 Å². The number of nitrogens with one attached hydrogen (secondary N) is 1. The highest BCUT2D eigenvalue weighted by Crippen LogP contribution is 2.21. The van der Waals surface area contributed by atoms with Crippen LogP contribution in [0.5, 0.6) is 0 Å². The van der Waals surface area contributed by atoms with Gasteiger partial charge in [0, 0.05) is 17.6 Å². The number of hydrogen-bond acceptors (Lipinski definition) is 1. The van der Waals surface area contributed by atoms with Crippen molar-refractivity contribution in [2.24, 2.45) is 0 Å². The van der Waals surface area contributed by atoms with Gasteiger partial charge in [0.1, 0.15) is 0 Å². The molecule has 1 aromatic carbocycles.